The largest absolute Gasteiger partial charge is 0.369 e. The molecule has 2 aromatic heterocycles. The number of anilines is 1. The van der Waals surface area contributed by atoms with Crippen LogP contribution in [0.15, 0.2) is 11.1 Å². The summed E-state index contributed by atoms with van der Waals surface area (Å²) in [6.45, 7) is 0. The molecule has 2 rings (SSSR count). The van der Waals surface area contributed by atoms with Crippen LogP contribution in [0, 0.1) is 0 Å². The Bertz CT molecular complexity index is 523. The van der Waals surface area contributed by atoms with Crippen molar-refractivity contribution in [2.75, 3.05) is 5.73 Å². The van der Waals surface area contributed by atoms with Crippen molar-refractivity contribution in [3.63, 3.8) is 0 Å². The number of hydrogen-bond donors (Lipinski definition) is 1. The summed E-state index contributed by atoms with van der Waals surface area (Å²) in [7, 11) is 3.33. The molecule has 13 heavy (non-hydrogen) atoms. The lowest BCUT2D eigenvalue weighted by Gasteiger charge is -2.01. The first kappa shape index (κ1) is 7.78. The van der Waals surface area contributed by atoms with Crippen LogP contribution in [0.4, 0.5) is 5.95 Å². The van der Waals surface area contributed by atoms with Gasteiger partial charge in [0.2, 0.25) is 5.95 Å². The van der Waals surface area contributed by atoms with Gasteiger partial charge in [0.1, 0.15) is 0 Å². The average molecular weight is 179 g/mol. The Balaban J connectivity index is 3.06. The Morgan fingerprint density at radius 2 is 2.15 bits per heavy atom. The second kappa shape index (κ2) is 2.32. The maximum Gasteiger partial charge on any atom is 0.280 e. The van der Waals surface area contributed by atoms with E-state index in [9.17, 15) is 4.79 Å². The predicted octanol–water partition coefficient (Wildman–Crippen LogP) is -0.751. The fourth-order valence-electron chi connectivity index (χ4n) is 1.19. The van der Waals surface area contributed by atoms with Crippen molar-refractivity contribution in [3.8, 4) is 0 Å². The summed E-state index contributed by atoms with van der Waals surface area (Å²) in [4.78, 5) is 19.5. The Kier molecular flexibility index (Phi) is 1.39. The molecule has 0 spiro atoms. The van der Waals surface area contributed by atoms with Crippen molar-refractivity contribution in [1.82, 2.24) is 19.1 Å². The van der Waals surface area contributed by atoms with E-state index < -0.39 is 0 Å². The smallest absolute Gasteiger partial charge is 0.280 e. The van der Waals surface area contributed by atoms with Crippen molar-refractivity contribution in [2.45, 2.75) is 0 Å². The zero-order chi connectivity index (χ0) is 9.59. The molecule has 0 aliphatic rings. The molecule has 0 aliphatic carbocycles. The topological polar surface area (TPSA) is 78.7 Å². The van der Waals surface area contributed by atoms with Gasteiger partial charge in [0.05, 0.1) is 6.33 Å². The monoisotopic (exact) mass is 179 g/mol. The molecule has 6 nitrogen and oxygen atoms in total. The minimum absolute atomic E-state index is 0.177. The summed E-state index contributed by atoms with van der Waals surface area (Å²) < 4.78 is 2.92. The van der Waals surface area contributed by atoms with Gasteiger partial charge in [0.15, 0.2) is 11.2 Å². The number of fused-ring (bicyclic) bond motifs is 1. The number of aryl methyl sites for hydroxylation is 1. The fourth-order valence-corrected chi connectivity index (χ4v) is 1.19. The lowest BCUT2D eigenvalue weighted by atomic mass is 10.5. The van der Waals surface area contributed by atoms with Crippen LogP contribution >= 0.6 is 0 Å². The molecule has 0 fully saturated rings. The summed E-state index contributed by atoms with van der Waals surface area (Å²) in [5.41, 5.74) is 6.18. The number of hydrogen-bond acceptors (Lipinski definition) is 4. The second-order valence-corrected chi connectivity index (χ2v) is 2.86. The highest BCUT2D eigenvalue weighted by Gasteiger charge is 2.09. The molecule has 68 valence electrons. The summed E-state index contributed by atoms with van der Waals surface area (Å²) in [5, 5.41) is 0. The van der Waals surface area contributed by atoms with Gasteiger partial charge in [-0.15, -0.1) is 0 Å². The van der Waals surface area contributed by atoms with Crippen molar-refractivity contribution < 1.29 is 0 Å². The van der Waals surface area contributed by atoms with Gasteiger partial charge in [-0.3, -0.25) is 9.36 Å². The molecule has 2 aromatic rings. The quantitative estimate of drug-likeness (QED) is 0.577. The summed E-state index contributed by atoms with van der Waals surface area (Å²) in [5.74, 6) is 0.177. The number of imidazole rings is 1. The molecule has 0 bridgehead atoms. The van der Waals surface area contributed by atoms with E-state index >= 15 is 0 Å². The van der Waals surface area contributed by atoms with E-state index in [0.717, 1.165) is 0 Å². The minimum atomic E-state index is -0.178. The first-order chi connectivity index (χ1) is 6.11. The molecule has 0 saturated carbocycles. The maximum atomic E-state index is 11.6. The lowest BCUT2D eigenvalue weighted by molar-refractivity contribution is 0.843. The third-order valence-electron chi connectivity index (χ3n) is 1.99. The maximum absolute atomic E-state index is 11.6. The number of rotatable bonds is 0. The normalized spacial score (nSPS) is 10.9. The number of aromatic nitrogens is 4. The first-order valence-corrected chi connectivity index (χ1v) is 3.75. The third-order valence-corrected chi connectivity index (χ3v) is 1.99. The van der Waals surface area contributed by atoms with Crippen molar-refractivity contribution in [3.05, 3.63) is 16.7 Å². The third kappa shape index (κ3) is 0.915. The van der Waals surface area contributed by atoms with Gasteiger partial charge in [0.25, 0.3) is 5.56 Å². The standard InChI is InChI=1S/C7H9N5O/c1-11-3-9-5-4(11)6(13)12(2)7(8)10-5/h3H,1-2H3,(H2,8,10). The summed E-state index contributed by atoms with van der Waals surface area (Å²) in [6.07, 6.45) is 1.54. The lowest BCUT2D eigenvalue weighted by Crippen LogP contribution is -2.22. The van der Waals surface area contributed by atoms with E-state index in [1.165, 1.54) is 4.57 Å². The second-order valence-electron chi connectivity index (χ2n) is 2.86. The van der Waals surface area contributed by atoms with Gasteiger partial charge in [-0.05, 0) is 0 Å². The molecule has 0 aliphatic heterocycles. The number of nitrogens with two attached hydrogens (primary N) is 1. The molecule has 0 amide bonds. The van der Waals surface area contributed by atoms with Gasteiger partial charge < -0.3 is 10.3 Å². The summed E-state index contributed by atoms with van der Waals surface area (Å²) in [6, 6.07) is 0. The molecule has 0 aromatic carbocycles. The fraction of sp³-hybridized carbons (Fsp3) is 0.286. The van der Waals surface area contributed by atoms with Crippen LogP contribution in [0.25, 0.3) is 11.2 Å². The van der Waals surface area contributed by atoms with Crippen LogP contribution in [0.3, 0.4) is 0 Å². The zero-order valence-corrected chi connectivity index (χ0v) is 7.35. The molecule has 0 atom stereocenters. The molecule has 0 saturated heterocycles. The van der Waals surface area contributed by atoms with Crippen molar-refractivity contribution in [1.29, 1.82) is 0 Å². The Morgan fingerprint density at radius 1 is 1.46 bits per heavy atom. The SMILES string of the molecule is Cn1c(N)nc2ncn(C)c2c1=O. The zero-order valence-electron chi connectivity index (χ0n) is 7.35. The van der Waals surface area contributed by atoms with Crippen LogP contribution in [0.5, 0.6) is 0 Å². The van der Waals surface area contributed by atoms with Crippen LogP contribution in [0.1, 0.15) is 0 Å². The van der Waals surface area contributed by atoms with Crippen LogP contribution in [-0.4, -0.2) is 19.1 Å². The van der Waals surface area contributed by atoms with Gasteiger partial charge in [0, 0.05) is 14.1 Å². The van der Waals surface area contributed by atoms with Gasteiger partial charge in [-0.2, -0.15) is 4.98 Å². The van der Waals surface area contributed by atoms with Crippen LogP contribution < -0.4 is 11.3 Å². The Hall–Kier alpha value is -1.85. The van der Waals surface area contributed by atoms with Gasteiger partial charge in [-0.25, -0.2) is 4.98 Å². The highest BCUT2D eigenvalue weighted by Crippen LogP contribution is 2.04. The molecule has 6 heteroatoms. The van der Waals surface area contributed by atoms with Crippen molar-refractivity contribution in [2.24, 2.45) is 14.1 Å². The van der Waals surface area contributed by atoms with Crippen LogP contribution in [-0.2, 0) is 14.1 Å². The molecule has 0 unspecified atom stereocenters. The van der Waals surface area contributed by atoms with E-state index in [4.69, 9.17) is 5.73 Å². The Morgan fingerprint density at radius 3 is 2.85 bits per heavy atom. The average Bonchev–Trinajstić information content (AvgIpc) is 2.43. The van der Waals surface area contributed by atoms with E-state index in [1.54, 1.807) is 25.0 Å². The Labute approximate surface area is 73.6 Å². The molecular formula is C7H9N5O. The van der Waals surface area contributed by atoms with Gasteiger partial charge >= 0.3 is 0 Å². The number of nitrogens with zero attached hydrogens (tertiary/aromatic N) is 4. The van der Waals surface area contributed by atoms with E-state index in [2.05, 4.69) is 9.97 Å². The molecule has 2 heterocycles. The van der Waals surface area contributed by atoms with E-state index in [0.29, 0.717) is 11.2 Å². The predicted molar refractivity (Wildman–Crippen MR) is 48.2 cm³/mol. The molecular weight excluding hydrogens is 170 g/mol. The van der Waals surface area contributed by atoms with Crippen molar-refractivity contribution >= 4 is 17.1 Å². The molecule has 0 radical (unpaired) electrons. The van der Waals surface area contributed by atoms with Crippen LogP contribution in [0.2, 0.25) is 0 Å². The number of nitrogen functional groups attached to an aromatic ring is 1. The summed E-state index contributed by atoms with van der Waals surface area (Å²) >= 11 is 0. The van der Waals surface area contributed by atoms with E-state index in [1.807, 2.05) is 0 Å². The highest BCUT2D eigenvalue weighted by molar-refractivity contribution is 5.70. The molecule has 2 N–H and O–H groups in total. The first-order valence-electron chi connectivity index (χ1n) is 3.75. The minimum Gasteiger partial charge on any atom is -0.369 e. The van der Waals surface area contributed by atoms with Gasteiger partial charge in [-0.1, -0.05) is 0 Å². The highest BCUT2D eigenvalue weighted by atomic mass is 16.1. The van der Waals surface area contributed by atoms with E-state index in [-0.39, 0.29) is 11.5 Å².